The molecule has 302 valence electrons. The summed E-state index contributed by atoms with van der Waals surface area (Å²) in [5.41, 5.74) is 2.01. The average Bonchev–Trinajstić information content (AvgIpc) is 3.11. The number of rotatable bonds is 13. The maximum atomic E-state index is 12.7. The van der Waals surface area contributed by atoms with Gasteiger partial charge in [-0.2, -0.15) is 0 Å². The number of phenols is 6. The molecule has 0 saturated carbocycles. The molecule has 0 radical (unpaired) electrons. The van der Waals surface area contributed by atoms with Crippen LogP contribution in [0.3, 0.4) is 0 Å². The Morgan fingerprint density at radius 1 is 0.571 bits per heavy atom. The van der Waals surface area contributed by atoms with Gasteiger partial charge in [0.2, 0.25) is 0 Å². The Hall–Kier alpha value is -5.52. The molecule has 0 aliphatic heterocycles. The third kappa shape index (κ3) is 8.06. The van der Waals surface area contributed by atoms with Crippen molar-refractivity contribution in [3.63, 3.8) is 0 Å². The standard InChI is InChI=1S/C44H56N2O10/c1-19(2)13-29(43(53)55-11)45-17-27-35-25(31(21(5)6)41(51)37(27)47)15-23(9)33(39(35)49)34-24(10)16-26-32(22(7)8)42(52)38(48)28(36(26)40(34)50)18-46-30(14-20(3)4)44(54)56-12/h15-22,29-30,47-52H,13-14H2,1-12H3/t29-,30-/m0/s1. The van der Waals surface area contributed by atoms with E-state index in [0.717, 1.165) is 0 Å². The van der Waals surface area contributed by atoms with E-state index in [1.807, 2.05) is 55.4 Å². The van der Waals surface area contributed by atoms with Crippen LogP contribution in [-0.2, 0) is 19.1 Å². The van der Waals surface area contributed by atoms with E-state index in [4.69, 9.17) is 9.47 Å². The summed E-state index contributed by atoms with van der Waals surface area (Å²) in [6, 6.07) is 1.63. The first-order valence-corrected chi connectivity index (χ1v) is 18.9. The molecule has 0 aromatic heterocycles. The lowest BCUT2D eigenvalue weighted by molar-refractivity contribution is -0.143. The Kier molecular flexibility index (Phi) is 13.2. The number of hydrogen-bond acceptors (Lipinski definition) is 12. The van der Waals surface area contributed by atoms with Crippen LogP contribution in [0.15, 0.2) is 22.1 Å². The first-order valence-electron chi connectivity index (χ1n) is 18.9. The van der Waals surface area contributed by atoms with E-state index in [2.05, 4.69) is 9.98 Å². The van der Waals surface area contributed by atoms with Crippen molar-refractivity contribution in [1.29, 1.82) is 0 Å². The number of hydrogen-bond donors (Lipinski definition) is 6. The maximum absolute atomic E-state index is 12.7. The van der Waals surface area contributed by atoms with Gasteiger partial charge in [0.25, 0.3) is 0 Å². The van der Waals surface area contributed by atoms with Gasteiger partial charge < -0.3 is 40.1 Å². The van der Waals surface area contributed by atoms with Crippen molar-refractivity contribution in [2.75, 3.05) is 14.2 Å². The van der Waals surface area contributed by atoms with Gasteiger partial charge >= 0.3 is 11.9 Å². The zero-order valence-corrected chi connectivity index (χ0v) is 34.4. The zero-order chi connectivity index (χ0) is 42.1. The second-order valence-corrected chi connectivity index (χ2v) is 15.9. The number of nitrogens with zero attached hydrogens (tertiary/aromatic N) is 2. The van der Waals surface area contributed by atoms with Gasteiger partial charge in [-0.25, -0.2) is 9.59 Å². The first-order chi connectivity index (χ1) is 26.2. The number of benzene rings is 4. The molecule has 12 nitrogen and oxygen atoms in total. The number of aryl methyl sites for hydroxylation is 2. The highest BCUT2D eigenvalue weighted by Crippen LogP contribution is 2.54. The van der Waals surface area contributed by atoms with Crippen LogP contribution in [0, 0.1) is 25.7 Å². The van der Waals surface area contributed by atoms with E-state index < -0.39 is 47.0 Å². The highest BCUT2D eigenvalue weighted by molar-refractivity contribution is 6.15. The minimum Gasteiger partial charge on any atom is -0.507 e. The second-order valence-electron chi connectivity index (χ2n) is 15.9. The molecule has 0 amide bonds. The average molecular weight is 773 g/mol. The lowest BCUT2D eigenvalue weighted by Crippen LogP contribution is -2.22. The molecule has 4 aromatic rings. The van der Waals surface area contributed by atoms with Crippen molar-refractivity contribution >= 4 is 45.9 Å². The number of aliphatic imine (C=N–C) groups is 2. The topological polar surface area (TPSA) is 199 Å². The third-order valence-corrected chi connectivity index (χ3v) is 10.1. The highest BCUT2D eigenvalue weighted by atomic mass is 16.5. The minimum absolute atomic E-state index is 0.0484. The molecule has 4 aromatic carbocycles. The highest BCUT2D eigenvalue weighted by Gasteiger charge is 2.30. The lowest BCUT2D eigenvalue weighted by Gasteiger charge is -2.24. The molecular formula is C44H56N2O10. The maximum Gasteiger partial charge on any atom is 0.330 e. The monoisotopic (exact) mass is 772 g/mol. The van der Waals surface area contributed by atoms with Crippen molar-refractivity contribution in [3.05, 3.63) is 45.5 Å². The van der Waals surface area contributed by atoms with Gasteiger partial charge in [0.15, 0.2) is 23.0 Å². The van der Waals surface area contributed by atoms with Crippen LogP contribution >= 0.6 is 0 Å². The van der Waals surface area contributed by atoms with E-state index in [1.54, 1.807) is 26.0 Å². The largest absolute Gasteiger partial charge is 0.507 e. The van der Waals surface area contributed by atoms with Crippen LogP contribution < -0.4 is 0 Å². The summed E-state index contributed by atoms with van der Waals surface area (Å²) in [6.45, 7) is 18.5. The summed E-state index contributed by atoms with van der Waals surface area (Å²) >= 11 is 0. The number of carbonyl (C=O) groups is 2. The molecule has 4 rings (SSSR count). The molecule has 0 saturated heterocycles. The molecule has 0 spiro atoms. The second kappa shape index (κ2) is 17.1. The molecule has 0 aliphatic carbocycles. The number of fused-ring (bicyclic) bond motifs is 2. The van der Waals surface area contributed by atoms with E-state index in [-0.39, 0.29) is 68.2 Å². The summed E-state index contributed by atoms with van der Waals surface area (Å²) in [4.78, 5) is 34.3. The number of ether oxygens (including phenoxy) is 2. The molecule has 0 heterocycles. The smallest absolute Gasteiger partial charge is 0.330 e. The number of aromatic hydroxyl groups is 6. The van der Waals surface area contributed by atoms with Crippen LogP contribution in [0.1, 0.15) is 113 Å². The fourth-order valence-corrected chi connectivity index (χ4v) is 7.55. The number of methoxy groups -OCH3 is 2. The molecule has 6 N–H and O–H groups in total. The molecule has 2 atom stereocenters. The third-order valence-electron chi connectivity index (χ3n) is 10.1. The van der Waals surface area contributed by atoms with Gasteiger partial charge in [0.05, 0.1) is 14.2 Å². The van der Waals surface area contributed by atoms with Gasteiger partial charge in [0, 0.05) is 56.6 Å². The van der Waals surface area contributed by atoms with Crippen LogP contribution in [-0.4, -0.2) is 81.3 Å². The van der Waals surface area contributed by atoms with Gasteiger partial charge in [-0.1, -0.05) is 67.5 Å². The van der Waals surface area contributed by atoms with Gasteiger partial charge in [0.1, 0.15) is 23.6 Å². The Morgan fingerprint density at radius 2 is 0.893 bits per heavy atom. The van der Waals surface area contributed by atoms with Crippen LogP contribution in [0.4, 0.5) is 0 Å². The summed E-state index contributed by atoms with van der Waals surface area (Å²) in [5, 5.41) is 71.5. The quantitative estimate of drug-likeness (QED) is 0.0434. The Balaban J connectivity index is 2.20. The van der Waals surface area contributed by atoms with E-state index in [1.165, 1.54) is 26.6 Å². The van der Waals surface area contributed by atoms with Crippen molar-refractivity contribution < 1.29 is 49.7 Å². The van der Waals surface area contributed by atoms with Gasteiger partial charge in [-0.05, 0) is 72.3 Å². The Morgan fingerprint density at radius 3 is 1.16 bits per heavy atom. The fraction of sp³-hybridized carbons (Fsp3) is 0.455. The summed E-state index contributed by atoms with van der Waals surface area (Å²) in [5.74, 6) is -4.26. The van der Waals surface area contributed by atoms with Crippen molar-refractivity contribution in [3.8, 4) is 45.6 Å². The van der Waals surface area contributed by atoms with Crippen molar-refractivity contribution in [2.45, 2.75) is 106 Å². The summed E-state index contributed by atoms with van der Waals surface area (Å²) in [6.07, 6.45) is 3.17. The molecule has 12 heteroatoms. The number of carbonyl (C=O) groups excluding carboxylic acids is 2. The van der Waals surface area contributed by atoms with Crippen molar-refractivity contribution in [1.82, 2.24) is 0 Å². The molecule has 0 aliphatic rings. The molecule has 0 bridgehead atoms. The van der Waals surface area contributed by atoms with E-state index >= 15 is 0 Å². The van der Waals surface area contributed by atoms with E-state index in [0.29, 0.717) is 45.9 Å². The number of phenolic OH excluding ortho intramolecular Hbond substituents is 6. The fourth-order valence-electron chi connectivity index (χ4n) is 7.55. The van der Waals surface area contributed by atoms with Gasteiger partial charge in [-0.15, -0.1) is 0 Å². The minimum atomic E-state index is -0.932. The molecular weight excluding hydrogens is 716 g/mol. The molecule has 56 heavy (non-hydrogen) atoms. The first kappa shape index (κ1) is 43.2. The van der Waals surface area contributed by atoms with E-state index in [9.17, 15) is 40.2 Å². The molecule has 0 fully saturated rings. The SMILES string of the molecule is COC(=O)[C@H](CC(C)C)N=Cc1c(O)c(O)c(C(C)C)c2cc(C)c(-c3c(C)cc4c(C(C)C)c(O)c(O)c(C=N[C@@H](CC(C)C)C(=O)OC)c4c3O)c(O)c12. The normalized spacial score (nSPS) is 13.4. The predicted molar refractivity (Wildman–Crippen MR) is 220 cm³/mol. The van der Waals surface area contributed by atoms with Crippen LogP contribution in [0.25, 0.3) is 32.7 Å². The zero-order valence-electron chi connectivity index (χ0n) is 34.4. The van der Waals surface area contributed by atoms with Crippen molar-refractivity contribution in [2.24, 2.45) is 21.8 Å². The summed E-state index contributed by atoms with van der Waals surface area (Å²) in [7, 11) is 2.51. The molecule has 0 unspecified atom stereocenters. The van der Waals surface area contributed by atoms with Crippen LogP contribution in [0.2, 0.25) is 0 Å². The summed E-state index contributed by atoms with van der Waals surface area (Å²) < 4.78 is 9.95. The predicted octanol–water partition coefficient (Wildman–Crippen LogP) is 8.77. The number of esters is 2. The lowest BCUT2D eigenvalue weighted by atomic mass is 9.83. The Bertz CT molecular complexity index is 2080. The van der Waals surface area contributed by atoms with Gasteiger partial charge in [-0.3, -0.25) is 9.98 Å². The van der Waals surface area contributed by atoms with Crippen LogP contribution in [0.5, 0.6) is 34.5 Å². The Labute approximate surface area is 328 Å².